The van der Waals surface area contributed by atoms with Crippen LogP contribution in [-0.4, -0.2) is 40.0 Å². The number of carbonyl (C=O) groups excluding carboxylic acids is 1. The van der Waals surface area contributed by atoms with Crippen LogP contribution in [0, 0.1) is 5.92 Å². The zero-order valence-corrected chi connectivity index (χ0v) is 14.3. The number of rotatable bonds is 2. The van der Waals surface area contributed by atoms with Crippen molar-refractivity contribution < 1.29 is 27.4 Å². The first-order chi connectivity index (χ1) is 11.8. The molecule has 1 aromatic heterocycles. The normalized spacial score (nSPS) is 31.9. The van der Waals surface area contributed by atoms with Crippen LogP contribution in [0.3, 0.4) is 0 Å². The third-order valence-electron chi connectivity index (χ3n) is 4.81. The Morgan fingerprint density at radius 2 is 2.04 bits per heavy atom. The number of ether oxygens (including phenoxy) is 2. The Morgan fingerprint density at radius 1 is 1.24 bits per heavy atom. The van der Waals surface area contributed by atoms with E-state index in [1.54, 1.807) is 0 Å². The van der Waals surface area contributed by atoms with Gasteiger partial charge in [0.15, 0.2) is 16.6 Å². The van der Waals surface area contributed by atoms with Crippen molar-refractivity contribution in [2.75, 3.05) is 6.61 Å². The summed E-state index contributed by atoms with van der Waals surface area (Å²) in [6, 6.07) is 0. The first kappa shape index (κ1) is 17.2. The molecule has 0 unspecified atom stereocenters. The molecule has 2 bridgehead atoms. The average Bonchev–Trinajstić information content (AvgIpc) is 2.97. The summed E-state index contributed by atoms with van der Waals surface area (Å²) in [5.41, 5.74) is -0.141. The first-order valence-electron chi connectivity index (χ1n) is 8.24. The van der Waals surface area contributed by atoms with E-state index in [1.807, 2.05) is 6.92 Å². The van der Waals surface area contributed by atoms with Gasteiger partial charge in [-0.1, -0.05) is 18.7 Å². The lowest BCUT2D eigenvalue weighted by molar-refractivity contribution is -0.151. The average molecular weight is 374 g/mol. The van der Waals surface area contributed by atoms with E-state index in [4.69, 9.17) is 9.47 Å². The topological polar surface area (TPSA) is 61.3 Å². The maximum atomic E-state index is 13.5. The second-order valence-electron chi connectivity index (χ2n) is 6.79. The van der Waals surface area contributed by atoms with Gasteiger partial charge in [-0.05, 0) is 25.2 Å². The lowest BCUT2D eigenvalue weighted by atomic mass is 9.87. The molecule has 4 rings (SSSR count). The van der Waals surface area contributed by atoms with Crippen molar-refractivity contribution in [2.24, 2.45) is 5.92 Å². The summed E-state index contributed by atoms with van der Waals surface area (Å²) in [6.07, 6.45) is -3.78. The van der Waals surface area contributed by atoms with Gasteiger partial charge in [-0.2, -0.15) is 13.2 Å². The van der Waals surface area contributed by atoms with Crippen LogP contribution in [0.4, 0.5) is 13.2 Å². The van der Waals surface area contributed by atoms with Gasteiger partial charge in [-0.15, -0.1) is 0 Å². The van der Waals surface area contributed by atoms with Crippen LogP contribution in [0.25, 0.3) is 0 Å². The summed E-state index contributed by atoms with van der Waals surface area (Å²) in [7, 11) is 0. The van der Waals surface area contributed by atoms with Crippen LogP contribution in [0.15, 0.2) is 5.16 Å². The molecule has 0 saturated carbocycles. The maximum absolute atomic E-state index is 13.5. The molecule has 2 saturated heterocycles. The van der Waals surface area contributed by atoms with Crippen molar-refractivity contribution in [1.82, 2.24) is 9.97 Å². The molecule has 0 N–H and O–H groups in total. The van der Waals surface area contributed by atoms with Gasteiger partial charge in [-0.3, -0.25) is 4.79 Å². The quantitative estimate of drug-likeness (QED) is 0.742. The highest BCUT2D eigenvalue weighted by Gasteiger charge is 2.45. The summed E-state index contributed by atoms with van der Waals surface area (Å²) < 4.78 is 51.1. The van der Waals surface area contributed by atoms with Gasteiger partial charge in [0.2, 0.25) is 6.29 Å². The molecule has 4 atom stereocenters. The molecule has 1 aromatic rings. The van der Waals surface area contributed by atoms with Gasteiger partial charge in [0.25, 0.3) is 0 Å². The molecule has 0 spiro atoms. The molecule has 0 amide bonds. The van der Waals surface area contributed by atoms with Crippen molar-refractivity contribution in [3.8, 4) is 0 Å². The monoisotopic (exact) mass is 374 g/mol. The second-order valence-corrected chi connectivity index (χ2v) is 8.00. The Balaban J connectivity index is 1.65. The summed E-state index contributed by atoms with van der Waals surface area (Å²) in [6.45, 7) is 2.20. The molecule has 9 heteroatoms. The molecule has 136 valence electrons. The number of alkyl halides is 3. The van der Waals surface area contributed by atoms with E-state index in [-0.39, 0.29) is 46.8 Å². The van der Waals surface area contributed by atoms with Crippen LogP contribution < -0.4 is 0 Å². The Bertz CT molecular complexity index is 713. The van der Waals surface area contributed by atoms with Crippen molar-refractivity contribution in [2.45, 2.75) is 61.6 Å². The van der Waals surface area contributed by atoms with Crippen molar-refractivity contribution >= 4 is 17.5 Å². The van der Waals surface area contributed by atoms with E-state index >= 15 is 0 Å². The highest BCUT2D eigenvalue weighted by Crippen LogP contribution is 2.40. The van der Waals surface area contributed by atoms with Crippen molar-refractivity contribution in [3.05, 3.63) is 17.0 Å². The highest BCUT2D eigenvalue weighted by atomic mass is 32.2. The van der Waals surface area contributed by atoms with Crippen molar-refractivity contribution in [1.29, 1.82) is 0 Å². The second kappa shape index (κ2) is 6.21. The molecule has 2 aliphatic heterocycles. The molecule has 0 aromatic carbocycles. The van der Waals surface area contributed by atoms with E-state index < -0.39 is 18.2 Å². The Kier molecular flexibility index (Phi) is 4.28. The highest BCUT2D eigenvalue weighted by molar-refractivity contribution is 7.99. The minimum atomic E-state index is -4.51. The number of carbonyl (C=O) groups is 1. The lowest BCUT2D eigenvalue weighted by Gasteiger charge is -2.27. The largest absolute Gasteiger partial charge is 0.433 e. The number of hydrogen-bond donors (Lipinski definition) is 0. The van der Waals surface area contributed by atoms with E-state index in [1.165, 1.54) is 0 Å². The predicted octanol–water partition coefficient (Wildman–Crippen LogP) is 2.80. The Hall–Kier alpha value is -1.19. The zero-order valence-electron chi connectivity index (χ0n) is 13.5. The van der Waals surface area contributed by atoms with Gasteiger partial charge in [0.1, 0.15) is 0 Å². The van der Waals surface area contributed by atoms with E-state index in [0.717, 1.165) is 18.2 Å². The number of halogens is 3. The fourth-order valence-electron chi connectivity index (χ4n) is 3.51. The van der Waals surface area contributed by atoms with Crippen LogP contribution in [0.1, 0.15) is 36.7 Å². The molecular formula is C16H17F3N2O3S. The van der Waals surface area contributed by atoms with E-state index in [9.17, 15) is 18.0 Å². The van der Waals surface area contributed by atoms with E-state index in [2.05, 4.69) is 9.97 Å². The van der Waals surface area contributed by atoms with Gasteiger partial charge in [0, 0.05) is 22.9 Å². The summed E-state index contributed by atoms with van der Waals surface area (Å²) >= 11 is 1.08. The first-order valence-corrected chi connectivity index (χ1v) is 9.12. The van der Waals surface area contributed by atoms with Gasteiger partial charge < -0.3 is 9.47 Å². The summed E-state index contributed by atoms with van der Waals surface area (Å²) in [5.74, 6) is 0.00159. The smallest absolute Gasteiger partial charge is 0.343 e. The summed E-state index contributed by atoms with van der Waals surface area (Å²) in [5, 5.41) is -0.264. The maximum Gasteiger partial charge on any atom is 0.433 e. The number of hydrogen-bond acceptors (Lipinski definition) is 6. The Morgan fingerprint density at radius 3 is 2.80 bits per heavy atom. The van der Waals surface area contributed by atoms with Crippen LogP contribution in [0.5, 0.6) is 0 Å². The standard InChI is InChI=1S/C16H17F3N2O3S/c1-7-2-3-9-8(4-7)13(16(17,18)19)21-15(20-9)25-12-5-10(22)14-23-6-11(12)24-14/h7,11-12,14H,2-6H2,1H3/t7-,11-,12+,14-/m1/s1. The lowest BCUT2D eigenvalue weighted by Crippen LogP contribution is -2.37. The molecule has 0 radical (unpaired) electrons. The number of aromatic nitrogens is 2. The summed E-state index contributed by atoms with van der Waals surface area (Å²) in [4.78, 5) is 20.0. The van der Waals surface area contributed by atoms with Crippen molar-refractivity contribution in [3.63, 3.8) is 0 Å². The molecule has 25 heavy (non-hydrogen) atoms. The minimum Gasteiger partial charge on any atom is -0.343 e. The number of nitrogens with zero attached hydrogens (tertiary/aromatic N) is 2. The third kappa shape index (κ3) is 3.29. The van der Waals surface area contributed by atoms with Gasteiger partial charge >= 0.3 is 6.18 Å². The van der Waals surface area contributed by atoms with Gasteiger partial charge in [0.05, 0.1) is 12.7 Å². The number of fused-ring (bicyclic) bond motifs is 3. The van der Waals surface area contributed by atoms with Crippen LogP contribution >= 0.6 is 11.8 Å². The third-order valence-corrected chi connectivity index (χ3v) is 5.98. The molecule has 5 nitrogen and oxygen atoms in total. The van der Waals surface area contributed by atoms with Crippen LogP contribution in [-0.2, 0) is 33.3 Å². The fourth-order valence-corrected chi connectivity index (χ4v) is 4.63. The molecule has 3 aliphatic rings. The molecule has 3 heterocycles. The molecular weight excluding hydrogens is 357 g/mol. The number of thioether (sulfide) groups is 1. The fraction of sp³-hybridized carbons (Fsp3) is 0.688. The Labute approximate surface area is 146 Å². The molecule has 2 fully saturated rings. The predicted molar refractivity (Wildman–Crippen MR) is 82.1 cm³/mol. The minimum absolute atomic E-state index is 0.0624. The van der Waals surface area contributed by atoms with Gasteiger partial charge in [-0.25, -0.2) is 9.97 Å². The number of aryl methyl sites for hydroxylation is 1. The molecule has 1 aliphatic carbocycles. The SMILES string of the molecule is C[C@@H]1CCc2nc(S[C@H]3CC(=O)[C@@H]4OC[C@H]3O4)nc(C(F)(F)F)c2C1. The zero-order chi connectivity index (χ0) is 17.8. The van der Waals surface area contributed by atoms with E-state index in [0.29, 0.717) is 18.5 Å². The number of Topliss-reactive ketones (excluding diaryl/α,β-unsaturated/α-hetero) is 1. The number of ketones is 1. The van der Waals surface area contributed by atoms with Crippen LogP contribution in [0.2, 0.25) is 0 Å².